The third-order valence-corrected chi connectivity index (χ3v) is 6.01. The largest absolute Gasteiger partial charge is 0.462 e. The van der Waals surface area contributed by atoms with Gasteiger partial charge >= 0.3 is 11.9 Å². The van der Waals surface area contributed by atoms with E-state index in [2.05, 4.69) is 45.9 Å². The summed E-state index contributed by atoms with van der Waals surface area (Å²) in [5, 5.41) is 0. The number of esters is 2. The van der Waals surface area contributed by atoms with Gasteiger partial charge in [0.15, 0.2) is 0 Å². The lowest BCUT2D eigenvalue weighted by Gasteiger charge is -2.29. The third-order valence-electron chi connectivity index (χ3n) is 6.01. The zero-order valence-corrected chi connectivity index (χ0v) is 23.2. The second-order valence-corrected chi connectivity index (χ2v) is 11.2. The molecule has 2 aromatic carbocycles. The standard InChI is InChI=1S/C31H42O4/c1-11-14-34-28(32)23(5)27(19-31(9,10)25-16-20(2)15-21(3)17-25)24-12-13-26(22(4)18-24)29(33)35-30(6,7)8/h12-13,15-18H,11,14,19H2,1-10H3. The SMILES string of the molecule is CCCOC(=O)C(C)=C(CC(C)(C)c1cc(C)cc(C)c1)c1ccc(C(=O)OC(C)(C)C)c(C)c1. The predicted molar refractivity (Wildman–Crippen MR) is 144 cm³/mol. The van der Waals surface area contributed by atoms with E-state index < -0.39 is 5.60 Å². The van der Waals surface area contributed by atoms with E-state index in [-0.39, 0.29) is 17.4 Å². The van der Waals surface area contributed by atoms with Gasteiger partial charge in [-0.05, 0) is 95.1 Å². The molecular weight excluding hydrogens is 436 g/mol. The number of allylic oxidation sites excluding steroid dienone is 1. The Kier molecular flexibility index (Phi) is 9.11. The molecule has 2 rings (SSSR count). The van der Waals surface area contributed by atoms with Crippen LogP contribution in [0.1, 0.15) is 99.5 Å². The van der Waals surface area contributed by atoms with E-state index in [1.165, 1.54) is 16.7 Å². The molecule has 0 bridgehead atoms. The van der Waals surface area contributed by atoms with Crippen LogP contribution in [-0.2, 0) is 19.7 Å². The molecule has 0 aliphatic carbocycles. The Balaban J connectivity index is 2.56. The highest BCUT2D eigenvalue weighted by Crippen LogP contribution is 2.37. The van der Waals surface area contributed by atoms with Gasteiger partial charge in [0.2, 0.25) is 0 Å². The van der Waals surface area contributed by atoms with Crippen molar-refractivity contribution >= 4 is 17.5 Å². The van der Waals surface area contributed by atoms with Gasteiger partial charge in [0.05, 0.1) is 12.2 Å². The Morgan fingerprint density at radius 3 is 2.00 bits per heavy atom. The molecule has 4 heteroatoms. The molecule has 0 fully saturated rings. The fourth-order valence-electron chi connectivity index (χ4n) is 4.20. The second kappa shape index (κ2) is 11.2. The average molecular weight is 479 g/mol. The van der Waals surface area contributed by atoms with Crippen LogP contribution in [0.2, 0.25) is 0 Å². The first-order chi connectivity index (χ1) is 16.1. The summed E-state index contributed by atoms with van der Waals surface area (Å²) < 4.78 is 11.1. The van der Waals surface area contributed by atoms with Crippen molar-refractivity contribution < 1.29 is 19.1 Å². The third kappa shape index (κ3) is 7.81. The topological polar surface area (TPSA) is 52.6 Å². The van der Waals surface area contributed by atoms with Crippen LogP contribution in [0.15, 0.2) is 42.0 Å². The molecule has 0 atom stereocenters. The predicted octanol–water partition coefficient (Wildman–Crippen LogP) is 7.66. The van der Waals surface area contributed by atoms with Gasteiger partial charge in [-0.2, -0.15) is 0 Å². The van der Waals surface area contributed by atoms with Crippen LogP contribution in [0, 0.1) is 20.8 Å². The van der Waals surface area contributed by atoms with Crippen molar-refractivity contribution in [2.24, 2.45) is 0 Å². The van der Waals surface area contributed by atoms with Crippen LogP contribution in [0.4, 0.5) is 0 Å². The van der Waals surface area contributed by atoms with E-state index in [9.17, 15) is 9.59 Å². The molecule has 0 unspecified atom stereocenters. The summed E-state index contributed by atoms with van der Waals surface area (Å²) in [6, 6.07) is 12.3. The van der Waals surface area contributed by atoms with Gasteiger partial charge in [-0.25, -0.2) is 9.59 Å². The van der Waals surface area contributed by atoms with E-state index in [4.69, 9.17) is 9.47 Å². The summed E-state index contributed by atoms with van der Waals surface area (Å²) in [5.74, 6) is -0.645. The lowest BCUT2D eigenvalue weighted by Crippen LogP contribution is -2.24. The molecule has 0 aliphatic rings. The minimum absolute atomic E-state index is 0.226. The Hall–Kier alpha value is -2.88. The molecule has 0 heterocycles. The summed E-state index contributed by atoms with van der Waals surface area (Å²) >= 11 is 0. The number of aryl methyl sites for hydroxylation is 3. The van der Waals surface area contributed by atoms with Gasteiger partial charge < -0.3 is 9.47 Å². The Labute approximate surface area is 211 Å². The van der Waals surface area contributed by atoms with Crippen molar-refractivity contribution in [2.45, 2.75) is 93.1 Å². The normalized spacial score (nSPS) is 12.7. The van der Waals surface area contributed by atoms with E-state index in [0.29, 0.717) is 24.2 Å². The lowest BCUT2D eigenvalue weighted by atomic mass is 9.75. The number of carbonyl (C=O) groups is 2. The van der Waals surface area contributed by atoms with E-state index in [0.717, 1.165) is 23.1 Å². The first-order valence-electron chi connectivity index (χ1n) is 12.4. The minimum Gasteiger partial charge on any atom is -0.462 e. The number of rotatable bonds is 8. The smallest absolute Gasteiger partial charge is 0.338 e. The minimum atomic E-state index is -0.567. The zero-order chi connectivity index (χ0) is 26.6. The summed E-state index contributed by atoms with van der Waals surface area (Å²) in [6.07, 6.45) is 1.42. The Bertz CT molecular complexity index is 1090. The summed E-state index contributed by atoms with van der Waals surface area (Å²) in [6.45, 7) is 20.3. The van der Waals surface area contributed by atoms with Crippen LogP contribution in [-0.4, -0.2) is 24.1 Å². The molecular formula is C31H42O4. The maximum Gasteiger partial charge on any atom is 0.338 e. The number of hydrogen-bond donors (Lipinski definition) is 0. The van der Waals surface area contributed by atoms with Gasteiger partial charge in [-0.3, -0.25) is 0 Å². The van der Waals surface area contributed by atoms with Crippen molar-refractivity contribution in [3.63, 3.8) is 0 Å². The van der Waals surface area contributed by atoms with E-state index in [1.807, 2.05) is 53.7 Å². The van der Waals surface area contributed by atoms with Crippen LogP contribution < -0.4 is 0 Å². The number of hydrogen-bond acceptors (Lipinski definition) is 4. The second-order valence-electron chi connectivity index (χ2n) is 11.2. The zero-order valence-electron chi connectivity index (χ0n) is 23.2. The van der Waals surface area contributed by atoms with Crippen LogP contribution in [0.3, 0.4) is 0 Å². The highest BCUT2D eigenvalue weighted by molar-refractivity contribution is 5.98. The molecule has 0 aromatic heterocycles. The van der Waals surface area contributed by atoms with Gasteiger partial charge in [-0.15, -0.1) is 0 Å². The summed E-state index contributed by atoms with van der Waals surface area (Å²) in [4.78, 5) is 25.6. The molecule has 35 heavy (non-hydrogen) atoms. The number of benzene rings is 2. The van der Waals surface area contributed by atoms with Crippen molar-refractivity contribution in [1.82, 2.24) is 0 Å². The van der Waals surface area contributed by atoms with Gasteiger partial charge in [0.1, 0.15) is 5.60 Å². The fourth-order valence-corrected chi connectivity index (χ4v) is 4.20. The van der Waals surface area contributed by atoms with Gasteiger partial charge in [0, 0.05) is 5.57 Å². The molecule has 0 aliphatic heterocycles. The molecule has 0 radical (unpaired) electrons. The first-order valence-corrected chi connectivity index (χ1v) is 12.4. The van der Waals surface area contributed by atoms with E-state index >= 15 is 0 Å². The molecule has 0 amide bonds. The highest BCUT2D eigenvalue weighted by Gasteiger charge is 2.27. The quantitative estimate of drug-likeness (QED) is 0.289. The van der Waals surface area contributed by atoms with Crippen LogP contribution >= 0.6 is 0 Å². The van der Waals surface area contributed by atoms with Crippen molar-refractivity contribution in [1.29, 1.82) is 0 Å². The molecule has 0 saturated heterocycles. The average Bonchev–Trinajstić information content (AvgIpc) is 2.73. The van der Waals surface area contributed by atoms with Crippen molar-refractivity contribution in [3.05, 3.63) is 75.4 Å². The molecule has 0 spiro atoms. The van der Waals surface area contributed by atoms with Crippen molar-refractivity contribution in [3.8, 4) is 0 Å². The monoisotopic (exact) mass is 478 g/mol. The maximum atomic E-state index is 12.9. The molecule has 4 nitrogen and oxygen atoms in total. The first kappa shape index (κ1) is 28.4. The van der Waals surface area contributed by atoms with Gasteiger partial charge in [-0.1, -0.05) is 62.2 Å². The lowest BCUT2D eigenvalue weighted by molar-refractivity contribution is -0.138. The molecule has 0 N–H and O–H groups in total. The van der Waals surface area contributed by atoms with Gasteiger partial charge in [0.25, 0.3) is 0 Å². The Morgan fingerprint density at radius 2 is 1.49 bits per heavy atom. The highest BCUT2D eigenvalue weighted by atomic mass is 16.6. The maximum absolute atomic E-state index is 12.9. The van der Waals surface area contributed by atoms with Crippen LogP contribution in [0.5, 0.6) is 0 Å². The summed E-state index contributed by atoms with van der Waals surface area (Å²) in [7, 11) is 0. The molecule has 0 saturated carbocycles. The van der Waals surface area contributed by atoms with Crippen molar-refractivity contribution in [2.75, 3.05) is 6.61 Å². The number of carbonyl (C=O) groups excluding carboxylic acids is 2. The van der Waals surface area contributed by atoms with Crippen LogP contribution in [0.25, 0.3) is 5.57 Å². The number of ether oxygens (including phenoxy) is 2. The molecule has 190 valence electrons. The fraction of sp³-hybridized carbons (Fsp3) is 0.484. The summed E-state index contributed by atoms with van der Waals surface area (Å²) in [5.41, 5.74) is 6.65. The molecule has 2 aromatic rings. The van der Waals surface area contributed by atoms with E-state index in [1.54, 1.807) is 6.07 Å². The Morgan fingerprint density at radius 1 is 0.886 bits per heavy atom.